The Morgan fingerprint density at radius 3 is 1.83 bits per heavy atom. The highest BCUT2D eigenvalue weighted by molar-refractivity contribution is 6.77. The fourth-order valence-corrected chi connectivity index (χ4v) is 10.4. The lowest BCUT2D eigenvalue weighted by Gasteiger charge is -2.43. The Bertz CT molecular complexity index is 548. The van der Waals surface area contributed by atoms with E-state index >= 15 is 0 Å². The molecular formula is C25H46O4Si. The Morgan fingerprint density at radius 2 is 1.37 bits per heavy atom. The molecule has 0 unspecified atom stereocenters. The minimum absolute atomic E-state index is 0.316. The van der Waals surface area contributed by atoms with Gasteiger partial charge in [-0.2, -0.15) is 0 Å². The maximum absolute atomic E-state index is 6.74. The van der Waals surface area contributed by atoms with E-state index < -0.39 is 14.1 Å². The van der Waals surface area contributed by atoms with E-state index in [1.54, 1.807) is 14.2 Å². The van der Waals surface area contributed by atoms with Gasteiger partial charge in [-0.25, -0.2) is 0 Å². The molecule has 0 saturated heterocycles. The summed E-state index contributed by atoms with van der Waals surface area (Å²) in [5, 5.41) is 0. The Labute approximate surface area is 186 Å². The highest BCUT2D eigenvalue weighted by Gasteiger charge is 2.45. The van der Waals surface area contributed by atoms with Crippen molar-refractivity contribution >= 4 is 8.32 Å². The summed E-state index contributed by atoms with van der Waals surface area (Å²) in [6.45, 7) is 18.1. The Balaban J connectivity index is 2.65. The molecule has 0 saturated carbocycles. The molecule has 0 N–H and O–H groups in total. The van der Waals surface area contributed by atoms with Gasteiger partial charge in [-0.3, -0.25) is 0 Å². The number of hydrogen-bond acceptors (Lipinski definition) is 4. The zero-order chi connectivity index (χ0) is 22.8. The monoisotopic (exact) mass is 438 g/mol. The second-order valence-electron chi connectivity index (χ2n) is 9.55. The van der Waals surface area contributed by atoms with Gasteiger partial charge in [0.15, 0.2) is 14.1 Å². The van der Waals surface area contributed by atoms with Crippen LogP contribution >= 0.6 is 0 Å². The molecule has 0 aliphatic rings. The zero-order valence-electron chi connectivity index (χ0n) is 20.9. The minimum atomic E-state index is -1.89. The van der Waals surface area contributed by atoms with Crippen molar-refractivity contribution in [3.63, 3.8) is 0 Å². The summed E-state index contributed by atoms with van der Waals surface area (Å²) in [5.74, 6) is -0.323. The van der Waals surface area contributed by atoms with Crippen LogP contribution < -0.4 is 0 Å². The average molecular weight is 439 g/mol. The van der Waals surface area contributed by atoms with Gasteiger partial charge in [0.25, 0.3) is 0 Å². The second-order valence-corrected chi connectivity index (χ2v) is 15.0. The van der Waals surface area contributed by atoms with Crippen LogP contribution in [0.15, 0.2) is 30.3 Å². The summed E-state index contributed by atoms with van der Waals surface area (Å²) in [6.07, 6.45) is 1.50. The van der Waals surface area contributed by atoms with Gasteiger partial charge in [0.1, 0.15) is 0 Å². The minimum Gasteiger partial charge on any atom is -0.416 e. The first kappa shape index (κ1) is 27.3. The predicted molar refractivity (Wildman–Crippen MR) is 128 cm³/mol. The summed E-state index contributed by atoms with van der Waals surface area (Å²) in [6, 6.07) is 10.3. The van der Waals surface area contributed by atoms with Gasteiger partial charge in [0.05, 0.1) is 6.61 Å². The molecule has 174 valence electrons. The van der Waals surface area contributed by atoms with Gasteiger partial charge in [-0.05, 0) is 28.1 Å². The molecule has 1 aromatic carbocycles. The number of benzene rings is 1. The second kappa shape index (κ2) is 13.0. The first-order valence-electron chi connectivity index (χ1n) is 11.5. The van der Waals surface area contributed by atoms with Crippen LogP contribution in [0.25, 0.3) is 0 Å². The Hall–Kier alpha value is -0.723. The van der Waals surface area contributed by atoms with Crippen molar-refractivity contribution in [3.05, 3.63) is 35.9 Å². The number of ether oxygens (including phenoxy) is 3. The maximum atomic E-state index is 6.74. The summed E-state index contributed by atoms with van der Waals surface area (Å²) < 4.78 is 24.4. The average Bonchev–Trinajstić information content (AvgIpc) is 2.70. The van der Waals surface area contributed by atoms with Crippen molar-refractivity contribution in [1.29, 1.82) is 0 Å². The summed E-state index contributed by atoms with van der Waals surface area (Å²) in [4.78, 5) is 0. The molecule has 0 amide bonds. The predicted octanol–water partition coefficient (Wildman–Crippen LogP) is 6.80. The van der Waals surface area contributed by atoms with Crippen molar-refractivity contribution < 1.29 is 18.6 Å². The fourth-order valence-electron chi connectivity index (χ4n) is 4.98. The molecule has 0 fully saturated rings. The summed E-state index contributed by atoms with van der Waals surface area (Å²) in [7, 11) is 1.58. The first-order valence-corrected chi connectivity index (χ1v) is 13.6. The van der Waals surface area contributed by atoms with Crippen molar-refractivity contribution in [2.45, 2.75) is 90.3 Å². The van der Waals surface area contributed by atoms with Crippen molar-refractivity contribution in [2.75, 3.05) is 27.4 Å². The van der Waals surface area contributed by atoms with E-state index in [-0.39, 0.29) is 0 Å². The molecule has 0 spiro atoms. The maximum Gasteiger partial charge on any atom is 0.200 e. The first-order chi connectivity index (χ1) is 14.1. The molecular weight excluding hydrogens is 392 g/mol. The van der Waals surface area contributed by atoms with Crippen LogP contribution in [0.4, 0.5) is 0 Å². The Morgan fingerprint density at radius 1 is 0.833 bits per heavy atom. The zero-order valence-corrected chi connectivity index (χ0v) is 21.9. The van der Waals surface area contributed by atoms with Gasteiger partial charge < -0.3 is 18.6 Å². The molecule has 4 nitrogen and oxygen atoms in total. The number of methoxy groups -OCH3 is 2. The van der Waals surface area contributed by atoms with Crippen molar-refractivity contribution in [3.8, 4) is 0 Å². The molecule has 0 aliphatic carbocycles. The van der Waals surface area contributed by atoms with Gasteiger partial charge in [0, 0.05) is 40.3 Å². The van der Waals surface area contributed by atoms with Gasteiger partial charge in [-0.1, -0.05) is 78.8 Å². The molecule has 0 aromatic heterocycles. The van der Waals surface area contributed by atoms with E-state index in [4.69, 9.17) is 18.6 Å². The van der Waals surface area contributed by atoms with Crippen LogP contribution in [0, 0.1) is 5.92 Å². The largest absolute Gasteiger partial charge is 0.416 e. The van der Waals surface area contributed by atoms with Crippen LogP contribution in [-0.4, -0.2) is 41.5 Å². The highest BCUT2D eigenvalue weighted by Crippen LogP contribution is 2.42. The quantitative estimate of drug-likeness (QED) is 0.223. The van der Waals surface area contributed by atoms with Crippen LogP contribution in [-0.2, 0) is 25.2 Å². The molecule has 1 atom stereocenters. The van der Waals surface area contributed by atoms with Crippen LogP contribution in [0.1, 0.15) is 66.9 Å². The van der Waals surface area contributed by atoms with Gasteiger partial charge >= 0.3 is 0 Å². The van der Waals surface area contributed by atoms with E-state index in [0.717, 1.165) is 12.8 Å². The molecule has 0 bridgehead atoms. The third-order valence-corrected chi connectivity index (χ3v) is 12.6. The topological polar surface area (TPSA) is 36.9 Å². The summed E-state index contributed by atoms with van der Waals surface area (Å²) in [5.41, 5.74) is 2.91. The van der Waals surface area contributed by atoms with E-state index in [2.05, 4.69) is 60.6 Å². The molecule has 30 heavy (non-hydrogen) atoms. The van der Waals surface area contributed by atoms with Crippen LogP contribution in [0.2, 0.25) is 16.6 Å². The smallest absolute Gasteiger partial charge is 0.200 e. The molecule has 0 aliphatic heterocycles. The normalized spacial score (nSPS) is 14.1. The SMILES string of the molecule is COC(CCO[Si](C(C)C)(C(C)C)C(C)C)(C[C@H](C)COCc1ccccc1)OC. The van der Waals surface area contributed by atoms with Crippen LogP contribution in [0.5, 0.6) is 0 Å². The third kappa shape index (κ3) is 7.45. The molecule has 1 rings (SSSR count). The third-order valence-electron chi connectivity index (χ3n) is 6.46. The fraction of sp³-hybridized carbons (Fsp3) is 0.760. The lowest BCUT2D eigenvalue weighted by molar-refractivity contribution is -0.225. The van der Waals surface area contributed by atoms with E-state index in [9.17, 15) is 0 Å². The van der Waals surface area contributed by atoms with Crippen LogP contribution in [0.3, 0.4) is 0 Å². The lowest BCUT2D eigenvalue weighted by Crippen LogP contribution is -2.49. The Kier molecular flexibility index (Phi) is 11.8. The number of rotatable bonds is 15. The molecule has 1 aromatic rings. The number of hydrogen-bond donors (Lipinski definition) is 0. The van der Waals surface area contributed by atoms with Crippen molar-refractivity contribution in [2.24, 2.45) is 5.92 Å². The standard InChI is InChI=1S/C25H46O4Si/c1-20(2)30(21(3)4,22(5)6)29-16-15-25(26-8,27-9)17-23(7)18-28-19-24-13-11-10-12-14-24/h10-14,20-23H,15-19H2,1-9H3/t23-/m0/s1. The molecule has 5 heteroatoms. The summed E-state index contributed by atoms with van der Waals surface area (Å²) >= 11 is 0. The van der Waals surface area contributed by atoms with Gasteiger partial charge in [0.2, 0.25) is 0 Å². The van der Waals surface area contributed by atoms with Gasteiger partial charge in [-0.15, -0.1) is 0 Å². The van der Waals surface area contributed by atoms with Crippen molar-refractivity contribution in [1.82, 2.24) is 0 Å². The molecule has 0 heterocycles. The highest BCUT2D eigenvalue weighted by atomic mass is 28.4. The lowest BCUT2D eigenvalue weighted by atomic mass is 9.99. The van der Waals surface area contributed by atoms with E-state index in [1.165, 1.54) is 5.56 Å². The van der Waals surface area contributed by atoms with E-state index in [1.807, 2.05) is 18.2 Å². The molecule has 0 radical (unpaired) electrons. The van der Waals surface area contributed by atoms with E-state index in [0.29, 0.717) is 42.4 Å².